The Morgan fingerprint density at radius 3 is 2.51 bits per heavy atom. The third kappa shape index (κ3) is 4.08. The van der Waals surface area contributed by atoms with Gasteiger partial charge >= 0.3 is 0 Å². The Balaban J connectivity index is 1.56. The number of likely N-dealkylation sites (N-methyl/N-ethyl adjacent to an activating group) is 1. The van der Waals surface area contributed by atoms with Crippen molar-refractivity contribution in [2.24, 2.45) is 18.5 Å². The molecule has 2 unspecified atom stereocenters. The number of anilines is 1. The maximum absolute atomic E-state index is 13.9. The van der Waals surface area contributed by atoms with E-state index < -0.39 is 11.6 Å². The van der Waals surface area contributed by atoms with E-state index in [9.17, 15) is 4.79 Å². The maximum atomic E-state index is 13.9. The van der Waals surface area contributed by atoms with Crippen LogP contribution in [-0.2, 0) is 17.4 Å². The molecule has 0 radical (unpaired) electrons. The Bertz CT molecular complexity index is 1440. The number of nitrogens with two attached hydrogens (primary N) is 2. The quantitative estimate of drug-likeness (QED) is 0.217. The van der Waals surface area contributed by atoms with Crippen LogP contribution in [0.4, 0.5) is 5.95 Å². The average Bonchev–Trinajstić information content (AvgIpc) is 3.69. The van der Waals surface area contributed by atoms with Crippen LogP contribution in [0.25, 0.3) is 11.0 Å². The fourth-order valence-corrected chi connectivity index (χ4v) is 5.02. The van der Waals surface area contributed by atoms with Gasteiger partial charge in [0.25, 0.3) is 5.91 Å². The maximum Gasteiger partial charge on any atom is 0.252 e. The molecule has 12 heteroatoms. The summed E-state index contributed by atoms with van der Waals surface area (Å²) in [5, 5.41) is 21.8. The molecule has 2 aromatic carbocycles. The summed E-state index contributed by atoms with van der Waals surface area (Å²) in [6, 6.07) is 12.7. The second-order valence-electron chi connectivity index (χ2n) is 9.60. The molecule has 1 saturated heterocycles. The van der Waals surface area contributed by atoms with E-state index in [0.29, 0.717) is 17.3 Å². The van der Waals surface area contributed by atoms with E-state index in [2.05, 4.69) is 20.6 Å². The molecule has 1 fully saturated rings. The lowest BCUT2D eigenvalue weighted by Gasteiger charge is -2.39. The Morgan fingerprint density at radius 1 is 1.19 bits per heavy atom. The first kappa shape index (κ1) is 24.4. The Hall–Kier alpha value is -4.32. The summed E-state index contributed by atoms with van der Waals surface area (Å²) in [5.41, 5.74) is 15.0. The third-order valence-corrected chi connectivity index (χ3v) is 7.47. The molecule has 3 heterocycles. The van der Waals surface area contributed by atoms with Gasteiger partial charge in [0.2, 0.25) is 5.95 Å². The highest BCUT2D eigenvalue weighted by Crippen LogP contribution is 2.35. The summed E-state index contributed by atoms with van der Waals surface area (Å²) in [6.45, 7) is 3.35. The number of benzene rings is 2. The van der Waals surface area contributed by atoms with Crippen molar-refractivity contribution >= 4 is 28.7 Å². The summed E-state index contributed by atoms with van der Waals surface area (Å²) >= 11 is 0. The predicted octanol–water partition coefficient (Wildman–Crippen LogP) is 1.39. The molecule has 37 heavy (non-hydrogen) atoms. The number of carbonyl (C=O) groups is 1. The van der Waals surface area contributed by atoms with Crippen molar-refractivity contribution in [2.45, 2.75) is 31.3 Å². The Morgan fingerprint density at radius 2 is 1.89 bits per heavy atom. The smallest absolute Gasteiger partial charge is 0.252 e. The molecule has 4 aromatic rings. The number of tetrazole rings is 1. The standard InChI is InChI=1S/C25H31N11O/c1-25(23(37)36-12-4-5-13-36,35(3)24-30-32-33-31-24)17-10-11-19-18(14-17)29-22(34(19)2)20(26)15-6-8-16(9-7-15)21(27)28/h6-11,14,20H,4-5,12-13,26H2,1-3H3,(H3,27,28)(H,30,31,32,33). The lowest BCUT2D eigenvalue weighted by molar-refractivity contribution is -0.135. The normalized spacial score (nSPS) is 16.1. The molecule has 0 aliphatic carbocycles. The van der Waals surface area contributed by atoms with Crippen molar-refractivity contribution in [3.63, 3.8) is 0 Å². The van der Waals surface area contributed by atoms with Crippen LogP contribution in [-0.4, -0.2) is 67.0 Å². The van der Waals surface area contributed by atoms with Gasteiger partial charge in [-0.25, -0.2) is 10.1 Å². The number of carbonyl (C=O) groups excluding carboxylic acids is 1. The highest BCUT2D eigenvalue weighted by Gasteiger charge is 2.44. The van der Waals surface area contributed by atoms with E-state index in [0.717, 1.165) is 48.1 Å². The highest BCUT2D eigenvalue weighted by molar-refractivity contribution is 5.95. The number of hydrogen-bond donors (Lipinski definition) is 4. The van der Waals surface area contributed by atoms with Gasteiger partial charge in [-0.2, -0.15) is 0 Å². The highest BCUT2D eigenvalue weighted by atomic mass is 16.2. The number of imidazole rings is 1. The summed E-state index contributed by atoms with van der Waals surface area (Å²) < 4.78 is 1.96. The largest absolute Gasteiger partial charge is 0.384 e. The molecule has 5 rings (SSSR count). The SMILES string of the molecule is CN(c1nnn[nH]1)C(C)(C(=O)N1CCCC1)c1ccc2c(c1)nc(C(N)c1ccc(C(=N)N)cc1)n2C. The number of nitrogen functional groups attached to an aromatic ring is 1. The molecule has 1 aliphatic rings. The van der Waals surface area contributed by atoms with Gasteiger partial charge in [-0.05, 0) is 53.5 Å². The monoisotopic (exact) mass is 501 g/mol. The first-order chi connectivity index (χ1) is 17.7. The fraction of sp³-hybridized carbons (Fsp3) is 0.360. The fourth-order valence-electron chi connectivity index (χ4n) is 5.02. The van der Waals surface area contributed by atoms with E-state index in [4.69, 9.17) is 21.9 Å². The predicted molar refractivity (Wildman–Crippen MR) is 140 cm³/mol. The van der Waals surface area contributed by atoms with Crippen molar-refractivity contribution in [1.82, 2.24) is 35.1 Å². The molecule has 1 amide bonds. The number of aromatic nitrogens is 6. The first-order valence-electron chi connectivity index (χ1n) is 12.2. The van der Waals surface area contributed by atoms with Crippen molar-refractivity contribution in [3.05, 3.63) is 65.0 Å². The lowest BCUT2D eigenvalue weighted by atomic mass is 9.88. The van der Waals surface area contributed by atoms with Gasteiger partial charge in [0.15, 0.2) is 0 Å². The minimum Gasteiger partial charge on any atom is -0.384 e. The molecule has 0 spiro atoms. The van der Waals surface area contributed by atoms with Crippen LogP contribution < -0.4 is 16.4 Å². The van der Waals surface area contributed by atoms with Crippen LogP contribution in [0.5, 0.6) is 0 Å². The van der Waals surface area contributed by atoms with Crippen molar-refractivity contribution in [1.29, 1.82) is 5.41 Å². The molecular weight excluding hydrogens is 470 g/mol. The number of H-pyrrole nitrogens is 1. The number of rotatable bonds is 7. The van der Waals surface area contributed by atoms with Gasteiger partial charge in [-0.15, -0.1) is 0 Å². The zero-order valence-corrected chi connectivity index (χ0v) is 21.1. The summed E-state index contributed by atoms with van der Waals surface area (Å²) in [5.74, 6) is 1.07. The second-order valence-corrected chi connectivity index (χ2v) is 9.60. The Kier molecular flexibility index (Phi) is 6.12. The Labute approximate surface area is 214 Å². The third-order valence-electron chi connectivity index (χ3n) is 7.47. The van der Waals surface area contributed by atoms with E-state index in [1.54, 1.807) is 17.0 Å². The zero-order chi connectivity index (χ0) is 26.3. The minimum absolute atomic E-state index is 0.00739. The van der Waals surface area contributed by atoms with Crippen LogP contribution in [0.15, 0.2) is 42.5 Å². The van der Waals surface area contributed by atoms with E-state index in [-0.39, 0.29) is 11.7 Å². The number of aryl methyl sites for hydroxylation is 1. The molecular formula is C25H31N11O. The van der Waals surface area contributed by atoms with E-state index in [1.165, 1.54) is 0 Å². The number of nitrogens with zero attached hydrogens (tertiary/aromatic N) is 7. The number of amidine groups is 1. The molecule has 12 nitrogen and oxygen atoms in total. The molecule has 1 aliphatic heterocycles. The lowest BCUT2D eigenvalue weighted by Crippen LogP contribution is -2.54. The van der Waals surface area contributed by atoms with E-state index in [1.807, 2.05) is 60.8 Å². The number of hydrogen-bond acceptors (Lipinski definition) is 8. The molecule has 2 aromatic heterocycles. The molecule has 0 saturated carbocycles. The second kappa shape index (κ2) is 9.28. The van der Waals surface area contributed by atoms with Crippen LogP contribution in [0, 0.1) is 5.41 Å². The van der Waals surface area contributed by atoms with Gasteiger partial charge in [-0.1, -0.05) is 35.4 Å². The van der Waals surface area contributed by atoms with Crippen LogP contribution >= 0.6 is 0 Å². The zero-order valence-electron chi connectivity index (χ0n) is 21.1. The van der Waals surface area contributed by atoms with Gasteiger partial charge < -0.3 is 25.8 Å². The number of aromatic amines is 1. The van der Waals surface area contributed by atoms with Gasteiger partial charge in [0, 0.05) is 32.7 Å². The van der Waals surface area contributed by atoms with Crippen LogP contribution in [0.2, 0.25) is 0 Å². The van der Waals surface area contributed by atoms with Gasteiger partial charge in [-0.3, -0.25) is 10.2 Å². The number of amides is 1. The summed E-state index contributed by atoms with van der Waals surface area (Å²) in [4.78, 5) is 22.5. The van der Waals surface area contributed by atoms with Crippen molar-refractivity contribution in [2.75, 3.05) is 25.0 Å². The molecule has 6 N–H and O–H groups in total. The number of likely N-dealkylation sites (tertiary alicyclic amines) is 1. The van der Waals surface area contributed by atoms with E-state index >= 15 is 0 Å². The molecule has 192 valence electrons. The van der Waals surface area contributed by atoms with Crippen molar-refractivity contribution in [3.8, 4) is 0 Å². The molecule has 2 atom stereocenters. The van der Waals surface area contributed by atoms with Crippen LogP contribution in [0.3, 0.4) is 0 Å². The summed E-state index contributed by atoms with van der Waals surface area (Å²) in [6.07, 6.45) is 1.98. The van der Waals surface area contributed by atoms with Gasteiger partial charge in [0.05, 0.1) is 17.1 Å². The summed E-state index contributed by atoms with van der Waals surface area (Å²) in [7, 11) is 3.74. The minimum atomic E-state index is -1.07. The number of fused-ring (bicyclic) bond motifs is 1. The first-order valence-corrected chi connectivity index (χ1v) is 12.2. The van der Waals surface area contributed by atoms with Gasteiger partial charge in [0.1, 0.15) is 17.2 Å². The average molecular weight is 502 g/mol. The van der Waals surface area contributed by atoms with Crippen LogP contribution in [0.1, 0.15) is 48.3 Å². The molecule has 0 bridgehead atoms. The topological polar surface area (TPSA) is 172 Å². The number of nitrogens with one attached hydrogen (secondary N) is 2. The van der Waals surface area contributed by atoms with Crippen molar-refractivity contribution < 1.29 is 4.79 Å².